The zero-order valence-corrected chi connectivity index (χ0v) is 9.76. The first kappa shape index (κ1) is 12.8. The van der Waals surface area contributed by atoms with Crippen LogP contribution in [0.4, 0.5) is 10.1 Å². The molecule has 0 spiro atoms. The lowest BCUT2D eigenvalue weighted by Crippen LogP contribution is -2.13. The summed E-state index contributed by atoms with van der Waals surface area (Å²) in [5, 5.41) is 11.2. The van der Waals surface area contributed by atoms with E-state index >= 15 is 0 Å². The second-order valence-electron chi connectivity index (χ2n) is 3.82. The van der Waals surface area contributed by atoms with Crippen molar-refractivity contribution in [3.63, 3.8) is 0 Å². The van der Waals surface area contributed by atoms with Crippen molar-refractivity contribution in [2.75, 3.05) is 5.32 Å². The Kier molecular flexibility index (Phi) is 3.56. The number of carbonyl (C=O) groups excluding carboxylic acids is 1. The maximum absolute atomic E-state index is 13.4. The number of anilines is 1. The molecule has 0 atom stereocenters. The molecule has 0 aliphatic heterocycles. The van der Waals surface area contributed by atoms with Crippen LogP contribution in [0.2, 0.25) is 0 Å². The molecule has 19 heavy (non-hydrogen) atoms. The van der Waals surface area contributed by atoms with Crippen molar-refractivity contribution in [2.45, 2.75) is 0 Å². The molecule has 0 bridgehead atoms. The van der Waals surface area contributed by atoms with Crippen LogP contribution in [0.1, 0.15) is 20.7 Å². The van der Waals surface area contributed by atoms with Gasteiger partial charge in [0.25, 0.3) is 5.91 Å². The Morgan fingerprint density at radius 1 is 1.00 bits per heavy atom. The predicted molar refractivity (Wildman–Crippen MR) is 67.8 cm³/mol. The molecular weight excluding hydrogens is 249 g/mol. The Morgan fingerprint density at radius 2 is 1.68 bits per heavy atom. The van der Waals surface area contributed by atoms with Crippen molar-refractivity contribution in [3.8, 4) is 0 Å². The number of aromatic carboxylic acids is 1. The fraction of sp³-hybridized carbons (Fsp3) is 0. The molecule has 0 aromatic heterocycles. The number of hydrogen-bond donors (Lipinski definition) is 2. The fourth-order valence-electron chi connectivity index (χ4n) is 1.55. The maximum atomic E-state index is 13.4. The van der Waals surface area contributed by atoms with Crippen molar-refractivity contribution in [1.29, 1.82) is 0 Å². The standard InChI is InChI=1S/C14H10FNO3/c15-11-6-1-2-7-12(11)16-13(17)9-4-3-5-10(8-9)14(18)19/h1-8H,(H,16,17)(H,18,19). The number of carboxylic acids is 1. The highest BCUT2D eigenvalue weighted by Crippen LogP contribution is 2.14. The lowest BCUT2D eigenvalue weighted by Gasteiger charge is -2.06. The second kappa shape index (κ2) is 5.30. The normalized spacial score (nSPS) is 9.95. The topological polar surface area (TPSA) is 66.4 Å². The van der Waals surface area contributed by atoms with Crippen LogP contribution in [-0.2, 0) is 0 Å². The van der Waals surface area contributed by atoms with Gasteiger partial charge in [-0.05, 0) is 30.3 Å². The number of hydrogen-bond acceptors (Lipinski definition) is 2. The van der Waals surface area contributed by atoms with E-state index < -0.39 is 17.7 Å². The molecule has 0 fully saturated rings. The van der Waals surface area contributed by atoms with Gasteiger partial charge in [0, 0.05) is 5.56 Å². The van der Waals surface area contributed by atoms with Gasteiger partial charge in [-0.3, -0.25) is 4.79 Å². The van der Waals surface area contributed by atoms with E-state index in [0.717, 1.165) is 0 Å². The van der Waals surface area contributed by atoms with Crippen LogP contribution >= 0.6 is 0 Å². The largest absolute Gasteiger partial charge is 0.478 e. The van der Waals surface area contributed by atoms with Gasteiger partial charge in [0.1, 0.15) is 5.82 Å². The molecule has 0 radical (unpaired) electrons. The second-order valence-corrected chi connectivity index (χ2v) is 3.82. The fourth-order valence-corrected chi connectivity index (χ4v) is 1.55. The van der Waals surface area contributed by atoms with Gasteiger partial charge in [-0.2, -0.15) is 0 Å². The van der Waals surface area contributed by atoms with Crippen molar-refractivity contribution >= 4 is 17.6 Å². The van der Waals surface area contributed by atoms with Gasteiger partial charge < -0.3 is 10.4 Å². The number of rotatable bonds is 3. The third-order valence-electron chi connectivity index (χ3n) is 2.49. The number of carbonyl (C=O) groups is 2. The third kappa shape index (κ3) is 2.95. The molecule has 0 saturated heterocycles. The molecule has 2 N–H and O–H groups in total. The molecule has 2 rings (SSSR count). The minimum Gasteiger partial charge on any atom is -0.478 e. The molecule has 0 heterocycles. The van der Waals surface area contributed by atoms with Crippen molar-refractivity contribution in [3.05, 3.63) is 65.5 Å². The van der Waals surface area contributed by atoms with E-state index in [1.54, 1.807) is 6.07 Å². The van der Waals surface area contributed by atoms with E-state index in [1.165, 1.54) is 42.5 Å². The van der Waals surface area contributed by atoms with Crippen LogP contribution in [0.15, 0.2) is 48.5 Å². The zero-order chi connectivity index (χ0) is 13.8. The van der Waals surface area contributed by atoms with E-state index in [4.69, 9.17) is 5.11 Å². The summed E-state index contributed by atoms with van der Waals surface area (Å²) in [4.78, 5) is 22.7. The van der Waals surface area contributed by atoms with Crippen LogP contribution in [0.3, 0.4) is 0 Å². The van der Waals surface area contributed by atoms with Gasteiger partial charge in [-0.25, -0.2) is 9.18 Å². The smallest absolute Gasteiger partial charge is 0.335 e. The molecule has 0 aliphatic carbocycles. The summed E-state index contributed by atoms with van der Waals surface area (Å²) in [6.07, 6.45) is 0. The molecule has 0 unspecified atom stereocenters. The van der Waals surface area contributed by atoms with E-state index in [-0.39, 0.29) is 16.8 Å². The van der Waals surface area contributed by atoms with E-state index in [9.17, 15) is 14.0 Å². The summed E-state index contributed by atoms with van der Waals surface area (Å²) in [5.74, 6) is -2.24. The van der Waals surface area contributed by atoms with Gasteiger partial charge in [0.05, 0.1) is 11.3 Å². The molecule has 4 nitrogen and oxygen atoms in total. The Balaban J connectivity index is 2.23. The Morgan fingerprint density at radius 3 is 2.37 bits per heavy atom. The molecule has 2 aromatic rings. The first-order valence-electron chi connectivity index (χ1n) is 5.47. The van der Waals surface area contributed by atoms with E-state index in [2.05, 4.69) is 5.32 Å². The Labute approximate surface area is 108 Å². The molecule has 5 heteroatoms. The summed E-state index contributed by atoms with van der Waals surface area (Å²) in [6.45, 7) is 0. The summed E-state index contributed by atoms with van der Waals surface area (Å²) >= 11 is 0. The van der Waals surface area contributed by atoms with Gasteiger partial charge >= 0.3 is 5.97 Å². The van der Waals surface area contributed by atoms with Crippen molar-refractivity contribution < 1.29 is 19.1 Å². The molecule has 1 amide bonds. The summed E-state index contributed by atoms with van der Waals surface area (Å²) in [5.41, 5.74) is 0.206. The molecular formula is C14H10FNO3. The highest BCUT2D eigenvalue weighted by atomic mass is 19.1. The van der Waals surface area contributed by atoms with Gasteiger partial charge in [-0.1, -0.05) is 18.2 Å². The average molecular weight is 259 g/mol. The number of amides is 1. The van der Waals surface area contributed by atoms with Crippen LogP contribution < -0.4 is 5.32 Å². The number of para-hydroxylation sites is 1. The highest BCUT2D eigenvalue weighted by Gasteiger charge is 2.11. The maximum Gasteiger partial charge on any atom is 0.335 e. The number of nitrogens with one attached hydrogen (secondary N) is 1. The summed E-state index contributed by atoms with van der Waals surface area (Å²) in [7, 11) is 0. The Bertz CT molecular complexity index is 640. The first-order chi connectivity index (χ1) is 9.08. The Hall–Kier alpha value is -2.69. The molecule has 0 saturated carbocycles. The lowest BCUT2D eigenvalue weighted by atomic mass is 10.1. The zero-order valence-electron chi connectivity index (χ0n) is 9.76. The number of halogens is 1. The van der Waals surface area contributed by atoms with Gasteiger partial charge in [0.15, 0.2) is 0 Å². The number of carboxylic acid groups (broad SMARTS) is 1. The minimum atomic E-state index is -1.12. The van der Waals surface area contributed by atoms with E-state index in [0.29, 0.717) is 0 Å². The monoisotopic (exact) mass is 259 g/mol. The SMILES string of the molecule is O=C(O)c1cccc(C(=O)Nc2ccccc2F)c1. The minimum absolute atomic E-state index is 0.00110. The first-order valence-corrected chi connectivity index (χ1v) is 5.47. The quantitative estimate of drug-likeness (QED) is 0.890. The average Bonchev–Trinajstić information content (AvgIpc) is 2.41. The van der Waals surface area contributed by atoms with Crippen molar-refractivity contribution in [1.82, 2.24) is 0 Å². The van der Waals surface area contributed by atoms with Crippen LogP contribution in [-0.4, -0.2) is 17.0 Å². The summed E-state index contributed by atoms with van der Waals surface area (Å²) in [6, 6.07) is 11.3. The molecule has 96 valence electrons. The van der Waals surface area contributed by atoms with Crippen LogP contribution in [0.5, 0.6) is 0 Å². The molecule has 0 aliphatic rings. The van der Waals surface area contributed by atoms with Gasteiger partial charge in [-0.15, -0.1) is 0 Å². The predicted octanol–water partition coefficient (Wildman–Crippen LogP) is 2.78. The van der Waals surface area contributed by atoms with E-state index in [1.807, 2.05) is 0 Å². The highest BCUT2D eigenvalue weighted by molar-refractivity contribution is 6.05. The summed E-state index contributed by atoms with van der Waals surface area (Å²) < 4.78 is 13.4. The van der Waals surface area contributed by atoms with Crippen LogP contribution in [0.25, 0.3) is 0 Å². The van der Waals surface area contributed by atoms with Crippen LogP contribution in [0, 0.1) is 5.82 Å². The molecule has 2 aromatic carbocycles. The van der Waals surface area contributed by atoms with Gasteiger partial charge in [0.2, 0.25) is 0 Å². The lowest BCUT2D eigenvalue weighted by molar-refractivity contribution is 0.0697. The number of benzene rings is 2. The van der Waals surface area contributed by atoms with Crippen molar-refractivity contribution in [2.24, 2.45) is 0 Å². The third-order valence-corrected chi connectivity index (χ3v) is 2.49.